The molecule has 4 rings (SSSR count). The van der Waals surface area contributed by atoms with Crippen molar-refractivity contribution in [2.45, 2.75) is 31.0 Å². The fourth-order valence-electron chi connectivity index (χ4n) is 3.76. The normalized spacial score (nSPS) is 15.6. The molecule has 10 heteroatoms. The SMILES string of the molecule is O=C(NC(Cc1ccc(F)cc1Cl)(c1cc(F)cc(C(F)(F)F)c1)c1ccc(Cl)cn1)C1CC1. The second-order valence-corrected chi connectivity index (χ2v) is 9.01. The Labute approximate surface area is 201 Å². The van der Waals surface area contributed by atoms with Crippen LogP contribution in [0.5, 0.6) is 0 Å². The van der Waals surface area contributed by atoms with Gasteiger partial charge in [-0.3, -0.25) is 9.78 Å². The number of amides is 1. The van der Waals surface area contributed by atoms with E-state index in [1.54, 1.807) is 0 Å². The number of aromatic nitrogens is 1. The summed E-state index contributed by atoms with van der Waals surface area (Å²) in [6, 6.07) is 8.49. The lowest BCUT2D eigenvalue weighted by Gasteiger charge is -2.36. The van der Waals surface area contributed by atoms with Gasteiger partial charge < -0.3 is 5.32 Å². The first-order valence-corrected chi connectivity index (χ1v) is 11.0. The fourth-order valence-corrected chi connectivity index (χ4v) is 4.10. The van der Waals surface area contributed by atoms with Crippen LogP contribution in [-0.2, 0) is 22.9 Å². The summed E-state index contributed by atoms with van der Waals surface area (Å²) < 4.78 is 68.9. The van der Waals surface area contributed by atoms with Crippen molar-refractivity contribution < 1.29 is 26.7 Å². The highest BCUT2D eigenvalue weighted by Crippen LogP contribution is 2.40. The van der Waals surface area contributed by atoms with Crippen LogP contribution >= 0.6 is 23.2 Å². The Hall–Kier alpha value is -2.71. The Kier molecular flexibility index (Phi) is 6.57. The molecule has 0 saturated heterocycles. The third kappa shape index (κ3) is 5.18. The number of rotatable bonds is 6. The molecule has 3 nitrogen and oxygen atoms in total. The minimum atomic E-state index is -4.84. The van der Waals surface area contributed by atoms with E-state index in [2.05, 4.69) is 10.3 Å². The molecule has 1 unspecified atom stereocenters. The molecular formula is C24H17Cl2F5N2O. The predicted molar refractivity (Wildman–Crippen MR) is 117 cm³/mol. The Bertz CT molecular complexity index is 1230. The second-order valence-electron chi connectivity index (χ2n) is 8.17. The summed E-state index contributed by atoms with van der Waals surface area (Å²) in [6.07, 6.45) is -2.57. The van der Waals surface area contributed by atoms with E-state index >= 15 is 0 Å². The molecule has 1 N–H and O–H groups in total. The maximum Gasteiger partial charge on any atom is 0.416 e. The molecule has 178 valence electrons. The van der Waals surface area contributed by atoms with Crippen LogP contribution < -0.4 is 5.32 Å². The number of carbonyl (C=O) groups excluding carboxylic acids is 1. The molecule has 0 bridgehead atoms. The number of nitrogens with zero attached hydrogens (tertiary/aromatic N) is 1. The van der Waals surface area contributed by atoms with Gasteiger partial charge in [-0.15, -0.1) is 0 Å². The molecule has 0 aliphatic heterocycles. The monoisotopic (exact) mass is 514 g/mol. The second kappa shape index (κ2) is 9.15. The van der Waals surface area contributed by atoms with Gasteiger partial charge in [0.25, 0.3) is 0 Å². The highest BCUT2D eigenvalue weighted by Gasteiger charge is 2.43. The van der Waals surface area contributed by atoms with Crippen LogP contribution in [0, 0.1) is 17.6 Å². The highest BCUT2D eigenvalue weighted by molar-refractivity contribution is 6.31. The van der Waals surface area contributed by atoms with Crippen LogP contribution in [0.4, 0.5) is 22.0 Å². The number of benzene rings is 2. The largest absolute Gasteiger partial charge is 0.416 e. The summed E-state index contributed by atoms with van der Waals surface area (Å²) in [5.41, 5.74) is -2.75. The number of pyridine rings is 1. The summed E-state index contributed by atoms with van der Waals surface area (Å²) in [5, 5.41) is 3.05. The van der Waals surface area contributed by atoms with E-state index in [0.29, 0.717) is 24.5 Å². The standard InChI is InChI=1S/C24H17Cl2F5N2O/c25-17-4-6-21(32-12-17)23(33-22(34)13-1-2-13,11-14-3-5-18(27)10-20(14)26)15-7-16(24(29,30)31)9-19(28)8-15/h3-10,12-13H,1-2,11H2,(H,33,34). The summed E-state index contributed by atoms with van der Waals surface area (Å²) in [5.74, 6) is -2.51. The maximum absolute atomic E-state index is 14.5. The maximum atomic E-state index is 14.5. The first-order valence-electron chi connectivity index (χ1n) is 10.2. The molecule has 0 radical (unpaired) electrons. The zero-order valence-electron chi connectivity index (χ0n) is 17.4. The number of halogens is 7. The zero-order valence-corrected chi connectivity index (χ0v) is 18.9. The minimum Gasteiger partial charge on any atom is -0.340 e. The highest BCUT2D eigenvalue weighted by atomic mass is 35.5. The van der Waals surface area contributed by atoms with E-state index in [-0.39, 0.29) is 33.6 Å². The van der Waals surface area contributed by atoms with Crippen LogP contribution in [-0.4, -0.2) is 10.9 Å². The Balaban J connectivity index is 1.98. The average Bonchev–Trinajstić information content (AvgIpc) is 3.60. The fraction of sp³-hybridized carbons (Fsp3) is 0.250. The Morgan fingerprint density at radius 2 is 1.68 bits per heavy atom. The van der Waals surface area contributed by atoms with Crippen molar-refractivity contribution in [1.29, 1.82) is 0 Å². The number of alkyl halides is 3. The van der Waals surface area contributed by atoms with Crippen LogP contribution in [0.3, 0.4) is 0 Å². The van der Waals surface area contributed by atoms with E-state index in [1.165, 1.54) is 24.4 Å². The molecular weight excluding hydrogens is 498 g/mol. The molecule has 1 aliphatic rings. The van der Waals surface area contributed by atoms with E-state index in [1.807, 2.05) is 0 Å². The molecule has 1 aromatic heterocycles. The van der Waals surface area contributed by atoms with Gasteiger partial charge in [-0.05, 0) is 66.4 Å². The first-order chi connectivity index (χ1) is 16.0. The van der Waals surface area contributed by atoms with Gasteiger partial charge in [-0.1, -0.05) is 29.3 Å². The molecule has 1 atom stereocenters. The summed E-state index contributed by atoms with van der Waals surface area (Å²) >= 11 is 12.2. The third-order valence-electron chi connectivity index (χ3n) is 5.64. The zero-order chi connectivity index (χ0) is 24.7. The molecule has 3 aromatic rings. The van der Waals surface area contributed by atoms with E-state index in [0.717, 1.165) is 24.3 Å². The molecule has 1 fully saturated rings. The smallest absolute Gasteiger partial charge is 0.340 e. The molecule has 1 aliphatic carbocycles. The number of hydrogen-bond acceptors (Lipinski definition) is 2. The van der Waals surface area contributed by atoms with Crippen molar-refractivity contribution in [3.05, 3.63) is 98.8 Å². The van der Waals surface area contributed by atoms with Crippen molar-refractivity contribution >= 4 is 29.1 Å². The number of carbonyl (C=O) groups is 1. The van der Waals surface area contributed by atoms with E-state index < -0.39 is 34.8 Å². The predicted octanol–water partition coefficient (Wildman–Crippen LogP) is 6.70. The van der Waals surface area contributed by atoms with Crippen molar-refractivity contribution in [3.63, 3.8) is 0 Å². The first kappa shape index (κ1) is 24.4. The number of hydrogen-bond donors (Lipinski definition) is 1. The van der Waals surface area contributed by atoms with Crippen LogP contribution in [0.2, 0.25) is 10.0 Å². The quantitative estimate of drug-likeness (QED) is 0.372. The summed E-state index contributed by atoms with van der Waals surface area (Å²) in [4.78, 5) is 17.2. The van der Waals surface area contributed by atoms with Crippen LogP contribution in [0.25, 0.3) is 0 Å². The van der Waals surface area contributed by atoms with Gasteiger partial charge in [0.1, 0.15) is 17.2 Å². The lowest BCUT2D eigenvalue weighted by molar-refractivity contribution is -0.137. The summed E-state index contributed by atoms with van der Waals surface area (Å²) in [7, 11) is 0. The van der Waals surface area contributed by atoms with Crippen molar-refractivity contribution in [2.75, 3.05) is 0 Å². The molecule has 2 aromatic carbocycles. The van der Waals surface area contributed by atoms with Gasteiger partial charge in [0.2, 0.25) is 5.91 Å². The molecule has 0 spiro atoms. The molecule has 34 heavy (non-hydrogen) atoms. The van der Waals surface area contributed by atoms with E-state index in [9.17, 15) is 26.7 Å². The molecule has 1 amide bonds. The van der Waals surface area contributed by atoms with E-state index in [4.69, 9.17) is 23.2 Å². The Morgan fingerprint density at radius 1 is 0.971 bits per heavy atom. The summed E-state index contributed by atoms with van der Waals surface area (Å²) in [6.45, 7) is 0. The van der Waals surface area contributed by atoms with Crippen molar-refractivity contribution in [1.82, 2.24) is 10.3 Å². The topological polar surface area (TPSA) is 42.0 Å². The average molecular weight is 515 g/mol. The van der Waals surface area contributed by atoms with Gasteiger partial charge >= 0.3 is 6.18 Å². The van der Waals surface area contributed by atoms with Gasteiger partial charge in [0.05, 0.1) is 16.3 Å². The van der Waals surface area contributed by atoms with Gasteiger partial charge in [0.15, 0.2) is 0 Å². The van der Waals surface area contributed by atoms with Crippen molar-refractivity contribution in [3.8, 4) is 0 Å². The molecule has 1 saturated carbocycles. The lowest BCUT2D eigenvalue weighted by Crippen LogP contribution is -2.50. The van der Waals surface area contributed by atoms with Gasteiger partial charge in [-0.25, -0.2) is 8.78 Å². The van der Waals surface area contributed by atoms with Crippen molar-refractivity contribution in [2.24, 2.45) is 5.92 Å². The third-order valence-corrected chi connectivity index (χ3v) is 6.21. The Morgan fingerprint density at radius 3 is 2.26 bits per heavy atom. The van der Waals surface area contributed by atoms with Crippen LogP contribution in [0.1, 0.15) is 35.2 Å². The van der Waals surface area contributed by atoms with Crippen LogP contribution in [0.15, 0.2) is 54.7 Å². The molecule has 1 heterocycles. The lowest BCUT2D eigenvalue weighted by atomic mass is 9.79. The minimum absolute atomic E-state index is 0.00791. The number of nitrogens with one attached hydrogen (secondary N) is 1. The van der Waals surface area contributed by atoms with Gasteiger partial charge in [-0.2, -0.15) is 13.2 Å². The van der Waals surface area contributed by atoms with Gasteiger partial charge in [0, 0.05) is 23.6 Å².